The highest BCUT2D eigenvalue weighted by molar-refractivity contribution is 5.48. The average molecular weight is 346 g/mol. The highest BCUT2D eigenvalue weighted by Gasteiger charge is 2.20. The van der Waals surface area contributed by atoms with E-state index < -0.39 is 0 Å². The Morgan fingerprint density at radius 1 is 0.923 bits per heavy atom. The van der Waals surface area contributed by atoms with Gasteiger partial charge in [0.25, 0.3) is 0 Å². The predicted molar refractivity (Wildman–Crippen MR) is 97.3 cm³/mol. The van der Waals surface area contributed by atoms with E-state index in [-0.39, 0.29) is 0 Å². The summed E-state index contributed by atoms with van der Waals surface area (Å²) in [6, 6.07) is 11.5. The standard InChI is InChI=1S/C18H18N8/c1-14-21-17(12-18(22-14)26-7-3-6-20-26)25-10-8-24(9-11-25)16-5-2-4-15(13-19)23-16/h2-7,12H,8-11H2,1H3. The van der Waals surface area contributed by atoms with Crippen molar-refractivity contribution in [2.75, 3.05) is 36.0 Å². The lowest BCUT2D eigenvalue weighted by Gasteiger charge is -2.36. The van der Waals surface area contributed by atoms with Gasteiger partial charge < -0.3 is 9.80 Å². The second kappa shape index (κ2) is 6.80. The summed E-state index contributed by atoms with van der Waals surface area (Å²) in [6.07, 6.45) is 3.61. The molecule has 0 saturated carbocycles. The van der Waals surface area contributed by atoms with Gasteiger partial charge in [-0.05, 0) is 25.1 Å². The quantitative estimate of drug-likeness (QED) is 0.711. The van der Waals surface area contributed by atoms with Gasteiger partial charge in [0.2, 0.25) is 0 Å². The van der Waals surface area contributed by atoms with Crippen LogP contribution in [0.4, 0.5) is 11.6 Å². The molecule has 8 nitrogen and oxygen atoms in total. The van der Waals surface area contributed by atoms with Crippen molar-refractivity contribution in [1.29, 1.82) is 5.26 Å². The van der Waals surface area contributed by atoms with Crippen molar-refractivity contribution in [3.8, 4) is 11.9 Å². The van der Waals surface area contributed by atoms with Gasteiger partial charge in [0.15, 0.2) is 5.82 Å². The second-order valence-corrected chi connectivity index (χ2v) is 6.05. The molecule has 130 valence electrons. The van der Waals surface area contributed by atoms with Crippen LogP contribution in [0.3, 0.4) is 0 Å². The van der Waals surface area contributed by atoms with Crippen LogP contribution < -0.4 is 9.80 Å². The summed E-state index contributed by atoms with van der Waals surface area (Å²) in [7, 11) is 0. The monoisotopic (exact) mass is 346 g/mol. The number of hydrogen-bond acceptors (Lipinski definition) is 7. The first kappa shape index (κ1) is 16.0. The van der Waals surface area contributed by atoms with Gasteiger partial charge >= 0.3 is 0 Å². The van der Waals surface area contributed by atoms with Crippen molar-refractivity contribution in [2.24, 2.45) is 0 Å². The van der Waals surface area contributed by atoms with Gasteiger partial charge in [-0.2, -0.15) is 10.4 Å². The van der Waals surface area contributed by atoms with Crippen molar-refractivity contribution >= 4 is 11.6 Å². The van der Waals surface area contributed by atoms with Crippen LogP contribution in [-0.2, 0) is 0 Å². The van der Waals surface area contributed by atoms with Gasteiger partial charge in [-0.3, -0.25) is 0 Å². The molecule has 26 heavy (non-hydrogen) atoms. The molecule has 0 unspecified atom stereocenters. The fourth-order valence-corrected chi connectivity index (χ4v) is 3.05. The fraction of sp³-hybridized carbons (Fsp3) is 0.278. The predicted octanol–water partition coefficient (Wildman–Crippen LogP) is 1.56. The van der Waals surface area contributed by atoms with E-state index in [4.69, 9.17) is 5.26 Å². The maximum absolute atomic E-state index is 9.02. The molecule has 0 radical (unpaired) electrons. The first-order chi connectivity index (χ1) is 12.7. The number of rotatable bonds is 3. The highest BCUT2D eigenvalue weighted by atomic mass is 15.3. The Morgan fingerprint density at radius 2 is 1.65 bits per heavy atom. The van der Waals surface area contributed by atoms with Crippen molar-refractivity contribution in [1.82, 2.24) is 24.7 Å². The lowest BCUT2D eigenvalue weighted by molar-refractivity contribution is 0.639. The largest absolute Gasteiger partial charge is 0.353 e. The van der Waals surface area contributed by atoms with Crippen molar-refractivity contribution < 1.29 is 0 Å². The second-order valence-electron chi connectivity index (χ2n) is 6.05. The molecule has 1 aliphatic rings. The Balaban J connectivity index is 1.50. The number of pyridine rings is 1. The maximum Gasteiger partial charge on any atom is 0.159 e. The van der Waals surface area contributed by atoms with Crippen molar-refractivity contribution in [3.05, 3.63) is 54.2 Å². The zero-order valence-corrected chi connectivity index (χ0v) is 14.4. The first-order valence-corrected chi connectivity index (χ1v) is 8.46. The Kier molecular flexibility index (Phi) is 4.19. The third-order valence-corrected chi connectivity index (χ3v) is 4.33. The van der Waals surface area contributed by atoms with Crippen molar-refractivity contribution in [3.63, 3.8) is 0 Å². The number of nitrogens with zero attached hydrogens (tertiary/aromatic N) is 8. The summed E-state index contributed by atoms with van der Waals surface area (Å²) in [6.45, 7) is 5.19. The van der Waals surface area contributed by atoms with E-state index in [9.17, 15) is 0 Å². The third-order valence-electron chi connectivity index (χ3n) is 4.33. The normalized spacial score (nSPS) is 14.3. The SMILES string of the molecule is Cc1nc(N2CCN(c3cccc(C#N)n3)CC2)cc(-n2cccn2)n1. The van der Waals surface area contributed by atoms with E-state index in [1.807, 2.05) is 37.4 Å². The van der Waals surface area contributed by atoms with E-state index in [1.165, 1.54) is 0 Å². The minimum absolute atomic E-state index is 0.445. The average Bonchev–Trinajstić information content (AvgIpc) is 3.23. The Hall–Kier alpha value is -3.47. The van der Waals surface area contributed by atoms with Crippen LogP contribution in [0.25, 0.3) is 5.82 Å². The molecule has 0 amide bonds. The Labute approximate surface area is 151 Å². The molecule has 1 fully saturated rings. The molecular weight excluding hydrogens is 328 g/mol. The van der Waals surface area contributed by atoms with Crippen LogP contribution in [0, 0.1) is 18.3 Å². The van der Waals surface area contributed by atoms with Gasteiger partial charge in [0, 0.05) is 44.6 Å². The van der Waals surface area contributed by atoms with Crippen LogP contribution in [0.2, 0.25) is 0 Å². The topological polar surface area (TPSA) is 86.8 Å². The molecule has 3 aromatic heterocycles. The fourth-order valence-electron chi connectivity index (χ4n) is 3.05. The molecule has 1 aliphatic heterocycles. The first-order valence-electron chi connectivity index (χ1n) is 8.46. The zero-order valence-electron chi connectivity index (χ0n) is 14.4. The summed E-state index contributed by atoms with van der Waals surface area (Å²) >= 11 is 0. The smallest absolute Gasteiger partial charge is 0.159 e. The number of aromatic nitrogens is 5. The van der Waals surface area contributed by atoms with Crippen LogP contribution in [0.5, 0.6) is 0 Å². The molecule has 8 heteroatoms. The lowest BCUT2D eigenvalue weighted by atomic mass is 10.3. The van der Waals surface area contributed by atoms with Gasteiger partial charge in [0.1, 0.15) is 29.2 Å². The number of hydrogen-bond donors (Lipinski definition) is 0. The molecule has 0 aliphatic carbocycles. The van der Waals surface area contributed by atoms with E-state index in [1.54, 1.807) is 16.9 Å². The Morgan fingerprint density at radius 3 is 2.35 bits per heavy atom. The summed E-state index contributed by atoms with van der Waals surface area (Å²) in [5, 5.41) is 13.3. The number of nitriles is 1. The van der Waals surface area contributed by atoms with Crippen LogP contribution in [0.15, 0.2) is 42.7 Å². The number of aryl methyl sites for hydroxylation is 1. The summed E-state index contributed by atoms with van der Waals surface area (Å²) in [4.78, 5) is 17.9. The van der Waals surface area contributed by atoms with E-state index in [0.717, 1.165) is 49.5 Å². The molecule has 4 heterocycles. The number of anilines is 2. The Bertz CT molecular complexity index is 936. The molecule has 0 atom stereocenters. The van der Waals surface area contributed by atoms with Crippen molar-refractivity contribution in [2.45, 2.75) is 6.92 Å². The van der Waals surface area contributed by atoms with Gasteiger partial charge in [-0.1, -0.05) is 6.07 Å². The maximum atomic E-state index is 9.02. The molecule has 0 spiro atoms. The molecule has 0 N–H and O–H groups in total. The minimum atomic E-state index is 0.445. The minimum Gasteiger partial charge on any atom is -0.353 e. The van der Waals surface area contributed by atoms with E-state index in [2.05, 4.69) is 35.9 Å². The zero-order chi connectivity index (χ0) is 17.9. The van der Waals surface area contributed by atoms with Gasteiger partial charge in [-0.15, -0.1) is 0 Å². The van der Waals surface area contributed by atoms with Crippen LogP contribution >= 0.6 is 0 Å². The lowest BCUT2D eigenvalue weighted by Crippen LogP contribution is -2.47. The van der Waals surface area contributed by atoms with E-state index >= 15 is 0 Å². The summed E-state index contributed by atoms with van der Waals surface area (Å²) in [5.74, 6) is 3.24. The third kappa shape index (κ3) is 3.19. The van der Waals surface area contributed by atoms with Gasteiger partial charge in [0.05, 0.1) is 0 Å². The number of piperazine rings is 1. The van der Waals surface area contributed by atoms with Crippen LogP contribution in [0.1, 0.15) is 11.5 Å². The highest BCUT2D eigenvalue weighted by Crippen LogP contribution is 2.19. The van der Waals surface area contributed by atoms with Gasteiger partial charge in [-0.25, -0.2) is 19.6 Å². The molecule has 1 saturated heterocycles. The molecule has 0 bridgehead atoms. The van der Waals surface area contributed by atoms with Crippen LogP contribution in [-0.4, -0.2) is 50.9 Å². The molecule has 0 aromatic carbocycles. The molecule has 3 aromatic rings. The summed E-state index contributed by atoms with van der Waals surface area (Å²) < 4.78 is 1.74. The van der Waals surface area contributed by atoms with E-state index in [0.29, 0.717) is 5.69 Å². The summed E-state index contributed by atoms with van der Waals surface area (Å²) in [5.41, 5.74) is 0.445. The molecular formula is C18H18N8. The molecule has 4 rings (SSSR count).